The highest BCUT2D eigenvalue weighted by Gasteiger charge is 2.17. The topological polar surface area (TPSA) is 52.6 Å². The summed E-state index contributed by atoms with van der Waals surface area (Å²) in [5.41, 5.74) is 4.22. The number of carbonyl (C=O) groups is 2. The van der Waals surface area contributed by atoms with Crippen LogP contribution in [0.25, 0.3) is 0 Å². The lowest BCUT2D eigenvalue weighted by Gasteiger charge is -2.07. The molecule has 0 aliphatic heterocycles. The lowest BCUT2D eigenvalue weighted by Crippen LogP contribution is -2.20. The highest BCUT2D eigenvalue weighted by atomic mass is 16.6. The van der Waals surface area contributed by atoms with Crippen molar-refractivity contribution < 1.29 is 19.1 Å². The van der Waals surface area contributed by atoms with E-state index in [4.69, 9.17) is 9.47 Å². The molecule has 0 heterocycles. The quantitative estimate of drug-likeness (QED) is 0.421. The van der Waals surface area contributed by atoms with E-state index in [9.17, 15) is 9.59 Å². The molecule has 0 saturated heterocycles. The minimum atomic E-state index is -0.963. The fourth-order valence-electron chi connectivity index (χ4n) is 2.78. The summed E-state index contributed by atoms with van der Waals surface area (Å²) in [5, 5.41) is 0. The van der Waals surface area contributed by atoms with Crippen LogP contribution < -0.4 is 0 Å². The third-order valence-corrected chi connectivity index (χ3v) is 4.59. The summed E-state index contributed by atoms with van der Waals surface area (Å²) in [4.78, 5) is 23.6. The first-order chi connectivity index (χ1) is 13.6. The second-order valence-corrected chi connectivity index (χ2v) is 6.99. The molecular formula is C24H30O4. The van der Waals surface area contributed by atoms with E-state index >= 15 is 0 Å². The third-order valence-electron chi connectivity index (χ3n) is 4.59. The molecule has 0 amide bonds. The van der Waals surface area contributed by atoms with E-state index in [-0.39, 0.29) is 13.2 Å². The number of unbranched alkanes of at least 4 members (excludes halogenated alkanes) is 2. The Hall–Kier alpha value is -2.62. The van der Waals surface area contributed by atoms with E-state index < -0.39 is 11.9 Å². The van der Waals surface area contributed by atoms with Gasteiger partial charge in [-0.2, -0.15) is 0 Å². The van der Waals surface area contributed by atoms with Gasteiger partial charge in [-0.15, -0.1) is 0 Å². The monoisotopic (exact) mass is 382 g/mol. The zero-order valence-corrected chi connectivity index (χ0v) is 16.9. The van der Waals surface area contributed by atoms with Gasteiger partial charge in [0.05, 0.1) is 0 Å². The van der Waals surface area contributed by atoms with Gasteiger partial charge in [0.15, 0.2) is 0 Å². The molecule has 2 aromatic carbocycles. The van der Waals surface area contributed by atoms with Crippen LogP contribution in [0.2, 0.25) is 0 Å². The SMILES string of the molecule is CCCCc1ccc(COC(=O)C(=O)OCc2ccc(CCCC)cc2)cc1. The predicted octanol–water partition coefficient (Wildman–Crippen LogP) is 5.16. The van der Waals surface area contributed by atoms with E-state index in [1.54, 1.807) is 0 Å². The molecule has 0 saturated carbocycles. The van der Waals surface area contributed by atoms with Crippen molar-refractivity contribution in [1.82, 2.24) is 0 Å². The van der Waals surface area contributed by atoms with Crippen LogP contribution in [-0.4, -0.2) is 11.9 Å². The van der Waals surface area contributed by atoms with Crippen molar-refractivity contribution in [3.05, 3.63) is 70.8 Å². The molecule has 0 fully saturated rings. The van der Waals surface area contributed by atoms with Crippen LogP contribution in [0.3, 0.4) is 0 Å². The number of rotatable bonds is 10. The summed E-state index contributed by atoms with van der Waals surface area (Å²) in [5.74, 6) is -1.93. The molecule has 0 radical (unpaired) electrons. The van der Waals surface area contributed by atoms with Gasteiger partial charge in [-0.25, -0.2) is 9.59 Å². The van der Waals surface area contributed by atoms with Crippen molar-refractivity contribution in [2.24, 2.45) is 0 Å². The molecule has 0 bridgehead atoms. The summed E-state index contributed by atoms with van der Waals surface area (Å²) in [6.07, 6.45) is 6.71. The van der Waals surface area contributed by atoms with E-state index in [1.165, 1.54) is 11.1 Å². The van der Waals surface area contributed by atoms with Crippen LogP contribution in [0.4, 0.5) is 0 Å². The number of hydrogen-bond donors (Lipinski definition) is 0. The molecule has 0 aromatic heterocycles. The van der Waals surface area contributed by atoms with Gasteiger partial charge in [0, 0.05) is 0 Å². The van der Waals surface area contributed by atoms with Crippen molar-refractivity contribution in [3.63, 3.8) is 0 Å². The Morgan fingerprint density at radius 3 is 1.25 bits per heavy atom. The molecule has 2 rings (SSSR count). The first-order valence-corrected chi connectivity index (χ1v) is 10.1. The Bertz CT molecular complexity index is 667. The molecule has 0 unspecified atom stereocenters. The largest absolute Gasteiger partial charge is 0.452 e. The average molecular weight is 383 g/mol. The van der Waals surface area contributed by atoms with Gasteiger partial charge in [0.25, 0.3) is 0 Å². The summed E-state index contributed by atoms with van der Waals surface area (Å²) in [6.45, 7) is 4.45. The van der Waals surface area contributed by atoms with Crippen molar-refractivity contribution in [3.8, 4) is 0 Å². The lowest BCUT2D eigenvalue weighted by atomic mass is 10.1. The number of hydrogen-bond acceptors (Lipinski definition) is 4. The van der Waals surface area contributed by atoms with Crippen LogP contribution >= 0.6 is 0 Å². The maximum absolute atomic E-state index is 11.8. The predicted molar refractivity (Wildman–Crippen MR) is 110 cm³/mol. The zero-order chi connectivity index (χ0) is 20.2. The number of aryl methyl sites for hydroxylation is 2. The summed E-state index contributed by atoms with van der Waals surface area (Å²) in [6, 6.07) is 15.8. The van der Waals surface area contributed by atoms with Crippen molar-refractivity contribution >= 4 is 11.9 Å². The smallest absolute Gasteiger partial charge is 0.417 e. The van der Waals surface area contributed by atoms with E-state index in [0.717, 1.165) is 49.7 Å². The molecule has 2 aromatic rings. The molecule has 0 atom stereocenters. The van der Waals surface area contributed by atoms with Crippen LogP contribution in [0.5, 0.6) is 0 Å². The zero-order valence-electron chi connectivity index (χ0n) is 16.9. The van der Waals surface area contributed by atoms with E-state index in [1.807, 2.05) is 48.5 Å². The molecule has 0 N–H and O–H groups in total. The number of benzene rings is 2. The van der Waals surface area contributed by atoms with Crippen LogP contribution in [0.15, 0.2) is 48.5 Å². The first kappa shape index (κ1) is 21.7. The second kappa shape index (κ2) is 12.0. The van der Waals surface area contributed by atoms with Gasteiger partial charge in [0.2, 0.25) is 0 Å². The Labute approximate surface area is 167 Å². The lowest BCUT2D eigenvalue weighted by molar-refractivity contribution is -0.169. The van der Waals surface area contributed by atoms with Crippen LogP contribution in [0.1, 0.15) is 61.8 Å². The van der Waals surface area contributed by atoms with Gasteiger partial charge < -0.3 is 9.47 Å². The molecule has 150 valence electrons. The number of carbonyl (C=O) groups excluding carboxylic acids is 2. The molecule has 28 heavy (non-hydrogen) atoms. The van der Waals surface area contributed by atoms with Crippen molar-refractivity contribution in [2.45, 2.75) is 65.6 Å². The fourth-order valence-corrected chi connectivity index (χ4v) is 2.78. The molecule has 0 aliphatic carbocycles. The summed E-state index contributed by atoms with van der Waals surface area (Å²) < 4.78 is 10.1. The summed E-state index contributed by atoms with van der Waals surface area (Å²) >= 11 is 0. The highest BCUT2D eigenvalue weighted by molar-refractivity contribution is 6.29. The number of esters is 2. The Morgan fingerprint density at radius 1 is 0.607 bits per heavy atom. The first-order valence-electron chi connectivity index (χ1n) is 10.1. The van der Waals surface area contributed by atoms with Gasteiger partial charge >= 0.3 is 11.9 Å². The minimum absolute atomic E-state index is 0.0636. The minimum Gasteiger partial charge on any atom is -0.452 e. The fraction of sp³-hybridized carbons (Fsp3) is 0.417. The maximum Gasteiger partial charge on any atom is 0.417 e. The van der Waals surface area contributed by atoms with Gasteiger partial charge in [-0.3, -0.25) is 0 Å². The average Bonchev–Trinajstić information content (AvgIpc) is 2.74. The molecule has 0 aliphatic rings. The van der Waals surface area contributed by atoms with Gasteiger partial charge in [0.1, 0.15) is 13.2 Å². The van der Waals surface area contributed by atoms with Crippen molar-refractivity contribution in [2.75, 3.05) is 0 Å². The molecule has 0 spiro atoms. The van der Waals surface area contributed by atoms with Gasteiger partial charge in [-0.1, -0.05) is 75.2 Å². The maximum atomic E-state index is 11.8. The van der Waals surface area contributed by atoms with E-state index in [0.29, 0.717) is 0 Å². The Morgan fingerprint density at radius 2 is 0.929 bits per heavy atom. The third kappa shape index (κ3) is 7.55. The van der Waals surface area contributed by atoms with Crippen molar-refractivity contribution in [1.29, 1.82) is 0 Å². The Balaban J connectivity index is 1.72. The second-order valence-electron chi connectivity index (χ2n) is 6.99. The van der Waals surface area contributed by atoms with Gasteiger partial charge in [-0.05, 0) is 47.9 Å². The van der Waals surface area contributed by atoms with Crippen LogP contribution in [0, 0.1) is 0 Å². The normalized spacial score (nSPS) is 10.5. The molecule has 4 heteroatoms. The Kier molecular flexibility index (Phi) is 9.26. The highest BCUT2D eigenvalue weighted by Crippen LogP contribution is 2.11. The molecule has 4 nitrogen and oxygen atoms in total. The van der Waals surface area contributed by atoms with Crippen LogP contribution in [-0.2, 0) is 45.1 Å². The standard InChI is InChI=1S/C24H30O4/c1-3-5-7-19-9-13-21(14-10-19)17-27-23(25)24(26)28-18-22-15-11-20(12-16-22)8-6-4-2/h9-16H,3-8,17-18H2,1-2H3. The number of ether oxygens (including phenoxy) is 2. The van der Waals surface area contributed by atoms with E-state index in [2.05, 4.69) is 13.8 Å². The summed E-state index contributed by atoms with van der Waals surface area (Å²) in [7, 11) is 0. The molecular weight excluding hydrogens is 352 g/mol.